The zero-order chi connectivity index (χ0) is 17.8. The Kier molecular flexibility index (Phi) is 4.78. The van der Waals surface area contributed by atoms with Gasteiger partial charge >= 0.3 is 0 Å². The van der Waals surface area contributed by atoms with Crippen LogP contribution in [0, 0.1) is 0 Å². The summed E-state index contributed by atoms with van der Waals surface area (Å²) in [6, 6.07) is 8.25. The van der Waals surface area contributed by atoms with Gasteiger partial charge in [-0.1, -0.05) is 6.07 Å². The summed E-state index contributed by atoms with van der Waals surface area (Å²) >= 11 is 0. The molecular formula is C17H18N4O4. The third kappa shape index (κ3) is 3.23. The van der Waals surface area contributed by atoms with Crippen LogP contribution >= 0.6 is 0 Å². The Bertz CT molecular complexity index is 781. The summed E-state index contributed by atoms with van der Waals surface area (Å²) in [5, 5.41) is 2.82. The van der Waals surface area contributed by atoms with Gasteiger partial charge < -0.3 is 9.47 Å². The first-order valence-corrected chi connectivity index (χ1v) is 7.79. The minimum absolute atomic E-state index is 0.154. The van der Waals surface area contributed by atoms with Gasteiger partial charge in [-0.3, -0.25) is 14.6 Å². The Morgan fingerprint density at radius 1 is 1.00 bits per heavy atom. The lowest BCUT2D eigenvalue weighted by atomic mass is 10.2. The van der Waals surface area contributed by atoms with Crippen molar-refractivity contribution in [2.45, 2.75) is 6.42 Å². The van der Waals surface area contributed by atoms with Crippen molar-refractivity contribution >= 4 is 11.8 Å². The lowest BCUT2D eigenvalue weighted by Crippen LogP contribution is -2.45. The number of hydrogen-bond donors (Lipinski definition) is 0. The van der Waals surface area contributed by atoms with Crippen LogP contribution in [0.3, 0.4) is 0 Å². The highest BCUT2D eigenvalue weighted by Crippen LogP contribution is 2.24. The van der Waals surface area contributed by atoms with Gasteiger partial charge in [0.25, 0.3) is 11.8 Å². The van der Waals surface area contributed by atoms with Crippen LogP contribution in [0.1, 0.15) is 27.3 Å². The van der Waals surface area contributed by atoms with E-state index in [2.05, 4.69) is 9.97 Å². The third-order valence-electron chi connectivity index (χ3n) is 3.85. The second-order valence-electron chi connectivity index (χ2n) is 5.34. The SMILES string of the molecule is COc1ccc(C(=O)N2CCCN2C(=O)c2ccccn2)c(OC)n1. The molecule has 8 heteroatoms. The number of carbonyl (C=O) groups excluding carboxylic acids is 2. The van der Waals surface area contributed by atoms with Crippen LogP contribution in [0.2, 0.25) is 0 Å². The van der Waals surface area contributed by atoms with E-state index in [1.54, 1.807) is 36.5 Å². The Labute approximate surface area is 145 Å². The van der Waals surface area contributed by atoms with Gasteiger partial charge in [-0.05, 0) is 24.6 Å². The van der Waals surface area contributed by atoms with E-state index in [1.165, 1.54) is 24.2 Å². The third-order valence-corrected chi connectivity index (χ3v) is 3.85. The molecule has 0 spiro atoms. The average molecular weight is 342 g/mol. The second kappa shape index (κ2) is 7.16. The van der Waals surface area contributed by atoms with Crippen molar-refractivity contribution in [3.05, 3.63) is 47.8 Å². The fraction of sp³-hybridized carbons (Fsp3) is 0.294. The van der Waals surface area contributed by atoms with E-state index in [0.717, 1.165) is 0 Å². The van der Waals surface area contributed by atoms with Crippen LogP contribution in [-0.2, 0) is 0 Å². The van der Waals surface area contributed by atoms with Gasteiger partial charge in [0, 0.05) is 25.4 Å². The van der Waals surface area contributed by atoms with Gasteiger partial charge in [0.05, 0.1) is 14.2 Å². The minimum atomic E-state index is -0.353. The largest absolute Gasteiger partial charge is 0.481 e. The first kappa shape index (κ1) is 16.7. The minimum Gasteiger partial charge on any atom is -0.481 e. The molecule has 0 bridgehead atoms. The summed E-state index contributed by atoms with van der Waals surface area (Å²) in [7, 11) is 2.91. The van der Waals surface area contributed by atoms with E-state index in [-0.39, 0.29) is 23.3 Å². The highest BCUT2D eigenvalue weighted by molar-refractivity contribution is 6.00. The van der Waals surface area contributed by atoms with Gasteiger partial charge in [-0.25, -0.2) is 10.0 Å². The van der Waals surface area contributed by atoms with Crippen molar-refractivity contribution in [2.24, 2.45) is 0 Å². The normalized spacial score (nSPS) is 13.7. The number of carbonyl (C=O) groups is 2. The number of ether oxygens (including phenoxy) is 2. The van der Waals surface area contributed by atoms with Crippen molar-refractivity contribution in [3.63, 3.8) is 0 Å². The summed E-state index contributed by atoms with van der Waals surface area (Å²) in [6.07, 6.45) is 2.24. The number of nitrogens with zero attached hydrogens (tertiary/aromatic N) is 4. The fourth-order valence-corrected chi connectivity index (χ4v) is 2.65. The number of aromatic nitrogens is 2. The van der Waals surface area contributed by atoms with Crippen LogP contribution < -0.4 is 9.47 Å². The summed E-state index contributed by atoms with van der Waals surface area (Å²) in [4.78, 5) is 33.8. The maximum absolute atomic E-state index is 12.9. The number of pyridine rings is 2. The molecule has 25 heavy (non-hydrogen) atoms. The van der Waals surface area contributed by atoms with Crippen LogP contribution in [0.4, 0.5) is 0 Å². The zero-order valence-electron chi connectivity index (χ0n) is 14.0. The molecule has 3 rings (SSSR count). The molecule has 2 aromatic rings. The van der Waals surface area contributed by atoms with Crippen LogP contribution in [0.25, 0.3) is 0 Å². The molecule has 130 valence electrons. The molecule has 1 fully saturated rings. The molecule has 3 heterocycles. The van der Waals surface area contributed by atoms with Crippen LogP contribution in [-0.4, -0.2) is 59.1 Å². The zero-order valence-corrected chi connectivity index (χ0v) is 14.0. The molecule has 0 radical (unpaired) electrons. The van der Waals surface area contributed by atoms with Crippen molar-refractivity contribution in [1.29, 1.82) is 0 Å². The van der Waals surface area contributed by atoms with E-state index in [4.69, 9.17) is 9.47 Å². The van der Waals surface area contributed by atoms with Crippen molar-refractivity contribution < 1.29 is 19.1 Å². The van der Waals surface area contributed by atoms with Gasteiger partial charge in [-0.15, -0.1) is 0 Å². The molecule has 8 nitrogen and oxygen atoms in total. The highest BCUT2D eigenvalue weighted by Gasteiger charge is 2.34. The van der Waals surface area contributed by atoms with Crippen molar-refractivity contribution in [2.75, 3.05) is 27.3 Å². The molecule has 0 atom stereocenters. The van der Waals surface area contributed by atoms with Crippen molar-refractivity contribution in [3.8, 4) is 11.8 Å². The average Bonchev–Trinajstić information content (AvgIpc) is 3.16. The van der Waals surface area contributed by atoms with Crippen LogP contribution in [0.15, 0.2) is 36.5 Å². The van der Waals surface area contributed by atoms with E-state index < -0.39 is 0 Å². The lowest BCUT2D eigenvalue weighted by molar-refractivity contribution is 0.0180. The quantitative estimate of drug-likeness (QED) is 0.835. The fourth-order valence-electron chi connectivity index (χ4n) is 2.65. The molecule has 0 aliphatic carbocycles. The van der Waals surface area contributed by atoms with E-state index >= 15 is 0 Å². The molecule has 1 aliphatic heterocycles. The van der Waals surface area contributed by atoms with Crippen molar-refractivity contribution in [1.82, 2.24) is 20.0 Å². The summed E-state index contributed by atoms with van der Waals surface area (Å²) < 4.78 is 10.2. The topological polar surface area (TPSA) is 84.9 Å². The highest BCUT2D eigenvalue weighted by atomic mass is 16.5. The summed E-state index contributed by atoms with van der Waals surface area (Å²) in [5.41, 5.74) is 0.561. The Hall–Kier alpha value is -3.16. The van der Waals surface area contributed by atoms with Gasteiger partial charge in [0.2, 0.25) is 11.8 Å². The monoisotopic (exact) mass is 342 g/mol. The number of hydrogen-bond acceptors (Lipinski definition) is 6. The summed E-state index contributed by atoms with van der Waals surface area (Å²) in [6.45, 7) is 0.889. The van der Waals surface area contributed by atoms with E-state index in [0.29, 0.717) is 31.1 Å². The summed E-state index contributed by atoms with van der Waals surface area (Å²) in [5.74, 6) is -0.168. The van der Waals surface area contributed by atoms with E-state index in [1.807, 2.05) is 0 Å². The smallest absolute Gasteiger partial charge is 0.291 e. The molecule has 0 N–H and O–H groups in total. The first-order valence-electron chi connectivity index (χ1n) is 7.79. The number of rotatable bonds is 4. The Morgan fingerprint density at radius 3 is 2.40 bits per heavy atom. The molecule has 2 amide bonds. The van der Waals surface area contributed by atoms with E-state index in [9.17, 15) is 9.59 Å². The Balaban J connectivity index is 1.87. The predicted molar refractivity (Wildman–Crippen MR) is 88.3 cm³/mol. The van der Waals surface area contributed by atoms with Gasteiger partial charge in [-0.2, -0.15) is 4.98 Å². The number of methoxy groups -OCH3 is 2. The Morgan fingerprint density at radius 2 is 1.76 bits per heavy atom. The standard InChI is InChI=1S/C17H18N4O4/c1-24-14-8-7-12(15(19-14)25-2)16(22)20-10-5-11-21(20)17(23)13-6-3-4-9-18-13/h3-4,6-9H,5,10-11H2,1-2H3. The molecular weight excluding hydrogens is 324 g/mol. The lowest BCUT2D eigenvalue weighted by Gasteiger charge is -2.27. The molecule has 0 aromatic carbocycles. The molecule has 0 unspecified atom stereocenters. The number of hydrazine groups is 1. The maximum Gasteiger partial charge on any atom is 0.291 e. The van der Waals surface area contributed by atoms with Crippen LogP contribution in [0.5, 0.6) is 11.8 Å². The second-order valence-corrected chi connectivity index (χ2v) is 5.34. The molecule has 1 aliphatic rings. The number of amides is 2. The molecule has 2 aromatic heterocycles. The maximum atomic E-state index is 12.9. The molecule has 1 saturated heterocycles. The molecule has 0 saturated carbocycles. The van der Waals surface area contributed by atoms with Gasteiger partial charge in [0.15, 0.2) is 0 Å². The predicted octanol–water partition coefficient (Wildman–Crippen LogP) is 1.40. The first-order chi connectivity index (χ1) is 12.2. The van der Waals surface area contributed by atoms with Gasteiger partial charge in [0.1, 0.15) is 11.3 Å².